The van der Waals surface area contributed by atoms with Crippen LogP contribution in [0.2, 0.25) is 0 Å². The Morgan fingerprint density at radius 2 is 0.690 bits per heavy atom. The van der Waals surface area contributed by atoms with E-state index in [1.54, 1.807) is 98.7 Å². The highest BCUT2D eigenvalue weighted by Crippen LogP contribution is 2.26. The number of hydrogen-bond acceptors (Lipinski definition) is 12. The zero-order valence-electron chi connectivity index (χ0n) is 41.6. The Kier molecular flexibility index (Phi) is 18.7. The molecule has 0 aliphatic heterocycles. The first-order valence-corrected chi connectivity index (χ1v) is 23.1. The number of carbonyl (C=O) groups excluding carboxylic acids is 6. The molecule has 15 nitrogen and oxygen atoms in total. The average molecular weight is 970 g/mol. The lowest BCUT2D eigenvalue weighted by Crippen LogP contribution is -2.46. The lowest BCUT2D eigenvalue weighted by Gasteiger charge is -2.24. The van der Waals surface area contributed by atoms with Crippen molar-refractivity contribution < 1.29 is 57.2 Å². The van der Waals surface area contributed by atoms with Crippen molar-refractivity contribution in [2.24, 2.45) is 0 Å². The minimum atomic E-state index is -1.12. The highest BCUT2D eigenvalue weighted by atomic mass is 16.6. The van der Waals surface area contributed by atoms with Crippen LogP contribution in [0.1, 0.15) is 90.1 Å². The molecule has 0 aliphatic rings. The zero-order chi connectivity index (χ0) is 51.8. The summed E-state index contributed by atoms with van der Waals surface area (Å²) < 4.78 is 33.8. The number of esters is 3. The Bertz CT molecular complexity index is 2510. The second-order valence-corrected chi connectivity index (χ2v) is 19.6. The molecule has 0 spiro atoms. The van der Waals surface area contributed by atoms with Crippen LogP contribution in [0.25, 0.3) is 12.2 Å². The van der Waals surface area contributed by atoms with E-state index in [2.05, 4.69) is 16.0 Å². The van der Waals surface area contributed by atoms with Crippen LogP contribution in [0.5, 0.6) is 17.2 Å². The molecular weight excluding hydrogens is 907 g/mol. The molecule has 0 aliphatic carbocycles. The third kappa shape index (κ3) is 19.9. The van der Waals surface area contributed by atoms with Crippen LogP contribution in [-0.4, -0.2) is 71.1 Å². The molecule has 3 unspecified atom stereocenters. The minimum Gasteiger partial charge on any atom is -0.458 e. The van der Waals surface area contributed by atoms with E-state index >= 15 is 0 Å². The number of ether oxygens (including phenoxy) is 6. The van der Waals surface area contributed by atoms with Gasteiger partial charge in [0.2, 0.25) is 0 Å². The summed E-state index contributed by atoms with van der Waals surface area (Å²) in [5.41, 5.74) is 0.950. The minimum absolute atomic E-state index is 0.0604. The molecule has 374 valence electrons. The van der Waals surface area contributed by atoms with Crippen LogP contribution in [0, 0.1) is 0 Å². The Labute approximate surface area is 415 Å². The van der Waals surface area contributed by atoms with Gasteiger partial charge in [-0.25, -0.2) is 28.8 Å². The molecule has 0 aromatic heterocycles. The Morgan fingerprint density at radius 1 is 0.394 bits per heavy atom. The maximum absolute atomic E-state index is 13.6. The molecule has 15 heteroatoms. The smallest absolute Gasteiger partial charge is 0.413 e. The Hall–Kier alpha value is -7.94. The molecule has 5 rings (SSSR count). The van der Waals surface area contributed by atoms with Crippen LogP contribution in [0.3, 0.4) is 0 Å². The van der Waals surface area contributed by atoms with Crippen molar-refractivity contribution in [2.45, 2.75) is 117 Å². The van der Waals surface area contributed by atoms with Crippen LogP contribution < -0.4 is 30.2 Å². The SMILES string of the molecule is CC(C)(C)OC(=O)C(Cc1ccccc1)NC(=O)Oc1ccc(/C=C/c2cc(OC(=O)NC(Cc3ccccc3)C(=O)OC(C)(C)C)cc(OC(=O)NC(Cc3ccccc3)C(=O)OC(C)(C)C)c2)cc1. The summed E-state index contributed by atoms with van der Waals surface area (Å²) in [6, 6.07) is 35.0. The Balaban J connectivity index is 1.36. The summed E-state index contributed by atoms with van der Waals surface area (Å²) in [4.78, 5) is 79.9. The van der Waals surface area contributed by atoms with E-state index in [-0.39, 0.29) is 36.5 Å². The summed E-state index contributed by atoms with van der Waals surface area (Å²) in [6.07, 6.45) is 0.944. The van der Waals surface area contributed by atoms with Gasteiger partial charge in [0.1, 0.15) is 52.2 Å². The predicted octanol–water partition coefficient (Wildman–Crippen LogP) is 9.98. The first kappa shape index (κ1) is 54.0. The van der Waals surface area contributed by atoms with Gasteiger partial charge in [-0.1, -0.05) is 115 Å². The van der Waals surface area contributed by atoms with Gasteiger partial charge in [0.05, 0.1) is 0 Å². The van der Waals surface area contributed by atoms with Gasteiger partial charge >= 0.3 is 36.2 Å². The van der Waals surface area contributed by atoms with Crippen molar-refractivity contribution >= 4 is 48.3 Å². The second-order valence-electron chi connectivity index (χ2n) is 19.6. The van der Waals surface area contributed by atoms with Crippen molar-refractivity contribution in [2.75, 3.05) is 0 Å². The average Bonchev–Trinajstić information content (AvgIpc) is 3.27. The van der Waals surface area contributed by atoms with E-state index in [4.69, 9.17) is 28.4 Å². The maximum atomic E-state index is 13.6. The fourth-order valence-electron chi connectivity index (χ4n) is 6.73. The zero-order valence-corrected chi connectivity index (χ0v) is 41.6. The molecule has 0 bridgehead atoms. The summed E-state index contributed by atoms with van der Waals surface area (Å²) in [5.74, 6) is -1.88. The fourth-order valence-corrected chi connectivity index (χ4v) is 6.73. The molecule has 0 radical (unpaired) electrons. The summed E-state index contributed by atoms with van der Waals surface area (Å²) in [7, 11) is 0. The number of hydrogen-bond donors (Lipinski definition) is 3. The van der Waals surface area contributed by atoms with E-state index in [0.29, 0.717) is 11.1 Å². The quantitative estimate of drug-likeness (QED) is 0.0454. The number of carbonyl (C=O) groups is 6. The number of rotatable bonds is 17. The van der Waals surface area contributed by atoms with Gasteiger partial charge in [-0.15, -0.1) is 0 Å². The van der Waals surface area contributed by atoms with Crippen LogP contribution >= 0.6 is 0 Å². The van der Waals surface area contributed by atoms with Crippen molar-refractivity contribution in [1.82, 2.24) is 16.0 Å². The van der Waals surface area contributed by atoms with E-state index in [1.165, 1.54) is 18.2 Å². The van der Waals surface area contributed by atoms with Crippen molar-refractivity contribution in [3.05, 3.63) is 161 Å². The van der Waals surface area contributed by atoms with Crippen LogP contribution in [0.15, 0.2) is 133 Å². The van der Waals surface area contributed by atoms with E-state index in [1.807, 2.05) is 91.0 Å². The van der Waals surface area contributed by atoms with Gasteiger partial charge < -0.3 is 44.4 Å². The topological polar surface area (TPSA) is 194 Å². The second kappa shape index (κ2) is 24.6. The molecule has 5 aromatic rings. The lowest BCUT2D eigenvalue weighted by molar-refractivity contribution is -0.158. The molecule has 71 heavy (non-hydrogen) atoms. The monoisotopic (exact) mass is 969 g/mol. The molecule has 3 atom stereocenters. The van der Waals surface area contributed by atoms with E-state index < -0.39 is 71.1 Å². The molecule has 0 saturated heterocycles. The highest BCUT2D eigenvalue weighted by molar-refractivity contribution is 5.85. The summed E-state index contributed by atoms with van der Waals surface area (Å²) in [6.45, 7) is 15.5. The molecule has 0 saturated carbocycles. The van der Waals surface area contributed by atoms with E-state index in [0.717, 1.165) is 16.7 Å². The predicted molar refractivity (Wildman–Crippen MR) is 269 cm³/mol. The fraction of sp³-hybridized carbons (Fsp3) is 0.321. The number of amides is 3. The number of benzene rings is 5. The highest BCUT2D eigenvalue weighted by Gasteiger charge is 2.31. The van der Waals surface area contributed by atoms with Crippen molar-refractivity contribution in [1.29, 1.82) is 0 Å². The van der Waals surface area contributed by atoms with Gasteiger partial charge in [-0.2, -0.15) is 0 Å². The largest absolute Gasteiger partial charge is 0.458 e. The molecule has 3 N–H and O–H groups in total. The maximum Gasteiger partial charge on any atom is 0.413 e. The van der Waals surface area contributed by atoms with Crippen molar-refractivity contribution in [3.63, 3.8) is 0 Å². The van der Waals surface area contributed by atoms with Gasteiger partial charge in [0.25, 0.3) is 0 Å². The Morgan fingerprint density at radius 3 is 1.00 bits per heavy atom. The van der Waals surface area contributed by atoms with Gasteiger partial charge in [0.15, 0.2) is 0 Å². The summed E-state index contributed by atoms with van der Waals surface area (Å²) in [5, 5.41) is 7.87. The lowest BCUT2D eigenvalue weighted by atomic mass is 10.1. The summed E-state index contributed by atoms with van der Waals surface area (Å²) >= 11 is 0. The molecule has 3 amide bonds. The third-order valence-corrected chi connectivity index (χ3v) is 9.68. The van der Waals surface area contributed by atoms with Crippen LogP contribution in [-0.2, 0) is 47.9 Å². The first-order chi connectivity index (χ1) is 33.4. The van der Waals surface area contributed by atoms with Gasteiger partial charge in [-0.05, 0) is 114 Å². The normalized spacial score (nSPS) is 12.9. The third-order valence-electron chi connectivity index (χ3n) is 9.68. The van der Waals surface area contributed by atoms with Crippen LogP contribution in [0.4, 0.5) is 14.4 Å². The number of nitrogens with one attached hydrogen (secondary N) is 3. The molecule has 0 heterocycles. The molecule has 0 fully saturated rings. The van der Waals surface area contributed by atoms with Gasteiger partial charge in [0, 0.05) is 25.3 Å². The van der Waals surface area contributed by atoms with Crippen molar-refractivity contribution in [3.8, 4) is 17.2 Å². The molecule has 5 aromatic carbocycles. The first-order valence-electron chi connectivity index (χ1n) is 23.1. The van der Waals surface area contributed by atoms with Gasteiger partial charge in [-0.3, -0.25) is 0 Å². The standard InChI is InChI=1S/C56H63N3O12/c1-54(2,3)69-48(60)45(33-38-19-13-10-14-20-38)57-51(63)66-42-29-27-37(28-30-42)25-26-41-31-43(67-52(64)58-46(49(61)70-55(4,5)6)34-39-21-15-11-16-22-39)36-44(32-41)68-53(65)59-47(50(62)71-56(7,8)9)35-40-23-17-12-18-24-40/h10-32,36,45-47H,33-35H2,1-9H3,(H,57,63)(H,58,64)(H,59,65)/b26-25+. The van der Waals surface area contributed by atoms with E-state index in [9.17, 15) is 28.8 Å². The molecular formula is C56H63N3O12.